The van der Waals surface area contributed by atoms with E-state index in [1.165, 1.54) is 0 Å². The lowest BCUT2D eigenvalue weighted by Crippen LogP contribution is -2.46. The lowest BCUT2D eigenvalue weighted by atomic mass is 9.86. The molecule has 3 N–H and O–H groups in total. The molecule has 0 radical (unpaired) electrons. The largest absolute Gasteiger partial charge is 0.385 e. The van der Waals surface area contributed by atoms with Gasteiger partial charge in [0, 0.05) is 24.0 Å². The maximum Gasteiger partial charge on any atom is 0.229 e. The van der Waals surface area contributed by atoms with Gasteiger partial charge in [0.05, 0.1) is 11.0 Å². The molecule has 0 unspecified atom stereocenters. The van der Waals surface area contributed by atoms with Crippen LogP contribution in [-0.2, 0) is 20.0 Å². The van der Waals surface area contributed by atoms with Crippen molar-refractivity contribution in [3.63, 3.8) is 0 Å². The Labute approximate surface area is 163 Å². The van der Waals surface area contributed by atoms with Gasteiger partial charge in [-0.05, 0) is 76.6 Å². The van der Waals surface area contributed by atoms with Gasteiger partial charge in [0.25, 0.3) is 0 Å². The van der Waals surface area contributed by atoms with Crippen LogP contribution in [0, 0.1) is 5.92 Å². The van der Waals surface area contributed by atoms with Gasteiger partial charge in [-0.2, -0.15) is 0 Å². The molecule has 9 heteroatoms. The number of sulfonamides is 2. The van der Waals surface area contributed by atoms with Crippen LogP contribution in [-0.4, -0.2) is 40.4 Å². The highest BCUT2D eigenvalue weighted by atomic mass is 32.2. The van der Waals surface area contributed by atoms with E-state index in [1.54, 1.807) is 32.9 Å². The van der Waals surface area contributed by atoms with Gasteiger partial charge in [-0.25, -0.2) is 21.6 Å². The van der Waals surface area contributed by atoms with Crippen molar-refractivity contribution in [2.45, 2.75) is 57.2 Å². The lowest BCUT2D eigenvalue weighted by molar-refractivity contribution is 0.322. The predicted octanol–water partition coefficient (Wildman–Crippen LogP) is 2.75. The Kier molecular flexibility index (Phi) is 6.81. The molecule has 0 amide bonds. The molecule has 0 bridgehead atoms. The van der Waals surface area contributed by atoms with Crippen molar-refractivity contribution < 1.29 is 16.8 Å². The molecular formula is C18H31N3O4S2. The van der Waals surface area contributed by atoms with Crippen LogP contribution in [0.1, 0.15) is 46.5 Å². The van der Waals surface area contributed by atoms with Crippen molar-refractivity contribution in [2.75, 3.05) is 22.8 Å². The Balaban J connectivity index is 1.78. The summed E-state index contributed by atoms with van der Waals surface area (Å²) in [5, 5.41) is 3.38. The van der Waals surface area contributed by atoms with Crippen molar-refractivity contribution in [1.29, 1.82) is 0 Å². The fourth-order valence-electron chi connectivity index (χ4n) is 3.01. The Hall–Kier alpha value is -1.32. The summed E-state index contributed by atoms with van der Waals surface area (Å²) in [5.74, 6) is 0.495. The molecule has 27 heavy (non-hydrogen) atoms. The first-order valence-electron chi connectivity index (χ1n) is 9.19. The molecule has 0 heterocycles. The second-order valence-corrected chi connectivity index (χ2v) is 12.5. The molecule has 0 aromatic heterocycles. The molecule has 0 saturated heterocycles. The van der Waals surface area contributed by atoms with E-state index in [-0.39, 0.29) is 6.04 Å². The van der Waals surface area contributed by atoms with Crippen molar-refractivity contribution >= 4 is 31.4 Å². The number of anilines is 2. The number of hydrogen-bond acceptors (Lipinski definition) is 5. The summed E-state index contributed by atoms with van der Waals surface area (Å²) in [6.07, 6.45) is 4.75. The molecule has 1 aliphatic rings. The van der Waals surface area contributed by atoms with E-state index in [0.717, 1.165) is 44.2 Å². The normalized spacial score (nSPS) is 21.6. The summed E-state index contributed by atoms with van der Waals surface area (Å²) in [6.45, 7) is 5.95. The van der Waals surface area contributed by atoms with Crippen LogP contribution in [0.3, 0.4) is 0 Å². The maximum absolute atomic E-state index is 12.3. The zero-order chi connectivity index (χ0) is 20.3. The zero-order valence-corrected chi connectivity index (χ0v) is 18.1. The molecule has 1 fully saturated rings. The van der Waals surface area contributed by atoms with Crippen LogP contribution in [0.5, 0.6) is 0 Å². The van der Waals surface area contributed by atoms with E-state index in [4.69, 9.17) is 0 Å². The molecule has 2 rings (SSSR count). The lowest BCUT2D eigenvalue weighted by Gasteiger charge is -2.31. The van der Waals surface area contributed by atoms with E-state index in [2.05, 4.69) is 14.8 Å². The number of benzene rings is 1. The monoisotopic (exact) mass is 417 g/mol. The molecule has 0 spiro atoms. The van der Waals surface area contributed by atoms with E-state index in [9.17, 15) is 16.8 Å². The number of nitrogens with one attached hydrogen (secondary N) is 3. The molecule has 1 aliphatic carbocycles. The van der Waals surface area contributed by atoms with Crippen LogP contribution in [0.15, 0.2) is 24.3 Å². The van der Waals surface area contributed by atoms with E-state index < -0.39 is 24.8 Å². The average molecular weight is 418 g/mol. The van der Waals surface area contributed by atoms with Crippen LogP contribution in [0.2, 0.25) is 0 Å². The highest BCUT2D eigenvalue weighted by molar-refractivity contribution is 7.92. The van der Waals surface area contributed by atoms with E-state index in [0.29, 0.717) is 11.6 Å². The fraction of sp³-hybridized carbons (Fsp3) is 0.667. The summed E-state index contributed by atoms with van der Waals surface area (Å²) >= 11 is 0. The fourth-order valence-corrected chi connectivity index (χ4v) is 4.61. The SMILES string of the molecule is CC(C)(C)S(=O)(=O)NC1CCC(CNc2ccc(NS(C)(=O)=O)cc2)CC1. The highest BCUT2D eigenvalue weighted by Crippen LogP contribution is 2.27. The standard InChI is InChI=1S/C18H31N3O4S2/c1-18(2,3)27(24,25)21-17-7-5-14(6-8-17)13-19-15-9-11-16(12-10-15)20-26(4,22)23/h9-12,14,17,19-21H,5-8,13H2,1-4H3. The van der Waals surface area contributed by atoms with Gasteiger partial charge in [-0.1, -0.05) is 0 Å². The number of rotatable bonds is 7. The second-order valence-electron chi connectivity index (χ2n) is 8.28. The van der Waals surface area contributed by atoms with Gasteiger partial charge in [-0.3, -0.25) is 4.72 Å². The maximum atomic E-state index is 12.3. The van der Waals surface area contributed by atoms with Crippen molar-refractivity contribution in [3.05, 3.63) is 24.3 Å². The minimum atomic E-state index is -3.30. The average Bonchev–Trinajstić information content (AvgIpc) is 2.53. The summed E-state index contributed by atoms with van der Waals surface area (Å²) in [6, 6.07) is 7.16. The van der Waals surface area contributed by atoms with Crippen LogP contribution >= 0.6 is 0 Å². The molecular weight excluding hydrogens is 386 g/mol. The quantitative estimate of drug-likeness (QED) is 0.633. The van der Waals surface area contributed by atoms with Crippen LogP contribution in [0.4, 0.5) is 11.4 Å². The third kappa shape index (κ3) is 6.97. The third-order valence-electron chi connectivity index (χ3n) is 4.76. The van der Waals surface area contributed by atoms with Crippen molar-refractivity contribution in [3.8, 4) is 0 Å². The third-order valence-corrected chi connectivity index (χ3v) is 7.62. The molecule has 0 aliphatic heterocycles. The van der Waals surface area contributed by atoms with Crippen LogP contribution in [0.25, 0.3) is 0 Å². The molecule has 7 nitrogen and oxygen atoms in total. The summed E-state index contributed by atoms with van der Waals surface area (Å²) < 4.78 is 51.5. The number of hydrogen-bond donors (Lipinski definition) is 3. The molecule has 154 valence electrons. The topological polar surface area (TPSA) is 104 Å². The van der Waals surface area contributed by atoms with Crippen LogP contribution < -0.4 is 14.8 Å². The predicted molar refractivity (Wildman–Crippen MR) is 111 cm³/mol. The van der Waals surface area contributed by atoms with Gasteiger partial charge < -0.3 is 5.32 Å². The molecule has 1 aromatic carbocycles. The van der Waals surface area contributed by atoms with E-state index in [1.807, 2.05) is 12.1 Å². The highest BCUT2D eigenvalue weighted by Gasteiger charge is 2.32. The summed E-state index contributed by atoms with van der Waals surface area (Å²) in [4.78, 5) is 0. The van der Waals surface area contributed by atoms with Gasteiger partial charge in [0.15, 0.2) is 0 Å². The Morgan fingerprint density at radius 2 is 1.44 bits per heavy atom. The van der Waals surface area contributed by atoms with Crippen molar-refractivity contribution in [2.24, 2.45) is 5.92 Å². The minimum Gasteiger partial charge on any atom is -0.385 e. The van der Waals surface area contributed by atoms with Gasteiger partial charge >= 0.3 is 0 Å². The van der Waals surface area contributed by atoms with Gasteiger partial charge in [-0.15, -0.1) is 0 Å². The second kappa shape index (κ2) is 8.36. The van der Waals surface area contributed by atoms with Gasteiger partial charge in [0.1, 0.15) is 0 Å². The zero-order valence-electron chi connectivity index (χ0n) is 16.4. The molecule has 1 saturated carbocycles. The first-order valence-corrected chi connectivity index (χ1v) is 12.6. The summed E-state index contributed by atoms with van der Waals surface area (Å²) in [5.41, 5.74) is 1.47. The molecule has 1 aromatic rings. The first-order chi connectivity index (χ1) is 12.4. The Bertz CT molecular complexity index is 820. The smallest absolute Gasteiger partial charge is 0.229 e. The van der Waals surface area contributed by atoms with Crippen molar-refractivity contribution in [1.82, 2.24) is 4.72 Å². The van der Waals surface area contributed by atoms with E-state index >= 15 is 0 Å². The molecule has 0 atom stereocenters. The van der Waals surface area contributed by atoms with Gasteiger partial charge in [0.2, 0.25) is 20.0 Å². The first kappa shape index (κ1) is 22.0. The minimum absolute atomic E-state index is 0.0202. The Morgan fingerprint density at radius 3 is 1.93 bits per heavy atom. The summed E-state index contributed by atoms with van der Waals surface area (Å²) in [7, 11) is -6.57. The Morgan fingerprint density at radius 1 is 0.926 bits per heavy atom.